The summed E-state index contributed by atoms with van der Waals surface area (Å²) in [5.74, 6) is 3.33. The molecule has 3 N–H and O–H groups in total. The highest BCUT2D eigenvalue weighted by atomic mass is 16.5. The summed E-state index contributed by atoms with van der Waals surface area (Å²) < 4.78 is 7.46. The lowest BCUT2D eigenvalue weighted by Gasteiger charge is -2.63. The number of aromatic nitrogens is 2. The summed E-state index contributed by atoms with van der Waals surface area (Å²) in [6, 6.07) is 0. The molecule has 4 aliphatic carbocycles. The summed E-state index contributed by atoms with van der Waals surface area (Å²) >= 11 is 0. The predicted octanol–water partition coefficient (Wildman–Crippen LogP) is 4.57. The summed E-state index contributed by atoms with van der Waals surface area (Å²) in [5, 5.41) is 30.6. The minimum absolute atomic E-state index is 0.131. The monoisotopic (exact) mass is 473 g/mol. The molecule has 1 aromatic rings. The lowest BCUT2D eigenvalue weighted by Crippen LogP contribution is -2.61. The quantitative estimate of drug-likeness (QED) is 0.564. The molecule has 0 bridgehead atoms. The number of hydrogen-bond donors (Lipinski definition) is 3. The maximum Gasteiger partial charge on any atom is 0.0883 e. The van der Waals surface area contributed by atoms with Crippen molar-refractivity contribution < 1.29 is 14.9 Å². The maximum atomic E-state index is 11.8. The van der Waals surface area contributed by atoms with Gasteiger partial charge < -0.3 is 20.3 Å². The largest absolute Gasteiger partial charge is 0.393 e. The molecule has 0 aromatic carbocycles. The molecule has 0 radical (unpaired) electrons. The molecule has 4 fully saturated rings. The molecule has 0 amide bonds. The Bertz CT molecular complexity index is 875. The summed E-state index contributed by atoms with van der Waals surface area (Å²) in [5.41, 5.74) is 0.709. The van der Waals surface area contributed by atoms with Crippen molar-refractivity contribution in [2.75, 3.05) is 26.1 Å². The van der Waals surface area contributed by atoms with Crippen LogP contribution in [-0.4, -0.2) is 52.5 Å². The molecule has 4 saturated carbocycles. The third-order valence-corrected chi connectivity index (χ3v) is 11.3. The number of anilines is 1. The lowest BCUT2D eigenvalue weighted by molar-refractivity contribution is -0.198. The van der Waals surface area contributed by atoms with E-state index in [1.807, 2.05) is 13.2 Å². The minimum atomic E-state index is -0.687. The lowest BCUT2D eigenvalue weighted by atomic mass is 9.43. The zero-order chi connectivity index (χ0) is 24.3. The first-order valence-corrected chi connectivity index (χ1v) is 13.7. The van der Waals surface area contributed by atoms with E-state index >= 15 is 0 Å². The molecule has 1 heterocycles. The van der Waals surface area contributed by atoms with Crippen LogP contribution in [0.5, 0.6) is 0 Å². The molecular formula is C28H47N3O3. The molecule has 0 spiro atoms. The summed E-state index contributed by atoms with van der Waals surface area (Å²) in [6.45, 7) is 8.71. The van der Waals surface area contributed by atoms with Crippen molar-refractivity contribution in [2.45, 2.75) is 90.4 Å². The Morgan fingerprint density at radius 1 is 1.18 bits per heavy atom. The second-order valence-electron chi connectivity index (χ2n) is 13.1. The Labute approximate surface area is 205 Å². The van der Waals surface area contributed by atoms with Crippen LogP contribution >= 0.6 is 0 Å². The number of ether oxygens (including phenoxy) is 1. The number of aliphatic hydroxyl groups excluding tert-OH is 1. The Balaban J connectivity index is 1.34. The van der Waals surface area contributed by atoms with Gasteiger partial charge in [-0.05, 0) is 97.7 Å². The second kappa shape index (κ2) is 8.77. The highest BCUT2D eigenvalue weighted by Crippen LogP contribution is 2.68. The van der Waals surface area contributed by atoms with Gasteiger partial charge in [0.15, 0.2) is 0 Å². The fourth-order valence-electron chi connectivity index (χ4n) is 9.84. The first-order valence-electron chi connectivity index (χ1n) is 13.7. The van der Waals surface area contributed by atoms with E-state index in [1.54, 1.807) is 7.11 Å². The third-order valence-electron chi connectivity index (χ3n) is 11.3. The first-order chi connectivity index (χ1) is 16.1. The van der Waals surface area contributed by atoms with Crippen molar-refractivity contribution in [1.29, 1.82) is 0 Å². The smallest absolute Gasteiger partial charge is 0.0883 e. The van der Waals surface area contributed by atoms with Crippen LogP contribution in [0.3, 0.4) is 0 Å². The van der Waals surface area contributed by atoms with Gasteiger partial charge in [0.05, 0.1) is 30.2 Å². The van der Waals surface area contributed by atoms with Crippen LogP contribution < -0.4 is 5.32 Å². The maximum absolute atomic E-state index is 11.8. The van der Waals surface area contributed by atoms with E-state index in [1.165, 1.54) is 25.7 Å². The Kier molecular flexibility index (Phi) is 6.34. The average molecular weight is 474 g/mol. The number of aliphatic hydroxyl groups is 2. The minimum Gasteiger partial charge on any atom is -0.393 e. The molecule has 6 heteroatoms. The first kappa shape index (κ1) is 24.6. The number of nitrogens with one attached hydrogen (secondary N) is 1. The number of methoxy groups -OCH3 is 1. The summed E-state index contributed by atoms with van der Waals surface area (Å²) in [4.78, 5) is 0. The number of hydrogen-bond acceptors (Lipinski definition) is 5. The van der Waals surface area contributed by atoms with Gasteiger partial charge in [0, 0.05) is 26.9 Å². The van der Waals surface area contributed by atoms with Gasteiger partial charge >= 0.3 is 0 Å². The zero-order valence-electron chi connectivity index (χ0n) is 22.0. The van der Waals surface area contributed by atoms with Gasteiger partial charge in [0.25, 0.3) is 0 Å². The van der Waals surface area contributed by atoms with Crippen molar-refractivity contribution in [2.24, 2.45) is 46.3 Å². The number of rotatable bonds is 6. The molecule has 0 unspecified atom stereocenters. The Morgan fingerprint density at radius 2 is 1.97 bits per heavy atom. The van der Waals surface area contributed by atoms with E-state index in [0.29, 0.717) is 42.1 Å². The molecule has 10 atom stereocenters. The van der Waals surface area contributed by atoms with Crippen LogP contribution in [-0.2, 0) is 11.3 Å². The predicted molar refractivity (Wildman–Crippen MR) is 134 cm³/mol. The summed E-state index contributed by atoms with van der Waals surface area (Å²) in [6.07, 6.45) is 12.3. The molecule has 0 aliphatic heterocycles. The van der Waals surface area contributed by atoms with Crippen molar-refractivity contribution in [3.63, 3.8) is 0 Å². The molecule has 4 aliphatic rings. The molecule has 6 nitrogen and oxygen atoms in total. The van der Waals surface area contributed by atoms with Gasteiger partial charge in [0.2, 0.25) is 0 Å². The topological polar surface area (TPSA) is 79.5 Å². The van der Waals surface area contributed by atoms with Crippen LogP contribution in [0.25, 0.3) is 0 Å². The summed E-state index contributed by atoms with van der Waals surface area (Å²) in [7, 11) is 3.63. The van der Waals surface area contributed by atoms with Crippen LogP contribution in [0.2, 0.25) is 0 Å². The fourth-order valence-corrected chi connectivity index (χ4v) is 9.84. The third kappa shape index (κ3) is 3.83. The van der Waals surface area contributed by atoms with E-state index in [-0.39, 0.29) is 16.9 Å². The van der Waals surface area contributed by atoms with Crippen molar-refractivity contribution >= 4 is 5.69 Å². The second-order valence-corrected chi connectivity index (χ2v) is 13.1. The molecule has 192 valence electrons. The van der Waals surface area contributed by atoms with E-state index in [0.717, 1.165) is 37.9 Å². The van der Waals surface area contributed by atoms with E-state index in [2.05, 4.69) is 42.1 Å². The molecule has 5 rings (SSSR count). The van der Waals surface area contributed by atoms with Crippen LogP contribution in [0.4, 0.5) is 5.69 Å². The van der Waals surface area contributed by atoms with Crippen molar-refractivity contribution in [1.82, 2.24) is 9.78 Å². The molecule has 0 saturated heterocycles. The van der Waals surface area contributed by atoms with Gasteiger partial charge in [-0.2, -0.15) is 5.10 Å². The van der Waals surface area contributed by atoms with Crippen molar-refractivity contribution in [3.8, 4) is 0 Å². The van der Waals surface area contributed by atoms with Crippen LogP contribution in [0, 0.1) is 46.3 Å². The highest BCUT2D eigenvalue weighted by molar-refractivity contribution is 5.36. The Hall–Kier alpha value is -1.11. The van der Waals surface area contributed by atoms with E-state index in [9.17, 15) is 10.2 Å². The van der Waals surface area contributed by atoms with Gasteiger partial charge in [0.1, 0.15) is 0 Å². The average Bonchev–Trinajstić information content (AvgIpc) is 3.37. The van der Waals surface area contributed by atoms with Gasteiger partial charge in [-0.25, -0.2) is 0 Å². The van der Waals surface area contributed by atoms with Crippen LogP contribution in [0.1, 0.15) is 72.1 Å². The molecular weight excluding hydrogens is 426 g/mol. The fraction of sp³-hybridized carbons (Fsp3) is 0.893. The van der Waals surface area contributed by atoms with Crippen molar-refractivity contribution in [3.05, 3.63) is 12.4 Å². The van der Waals surface area contributed by atoms with E-state index < -0.39 is 5.60 Å². The van der Waals surface area contributed by atoms with Gasteiger partial charge in [-0.15, -0.1) is 0 Å². The van der Waals surface area contributed by atoms with Crippen LogP contribution in [0.15, 0.2) is 12.4 Å². The Morgan fingerprint density at radius 3 is 2.68 bits per heavy atom. The van der Waals surface area contributed by atoms with E-state index in [4.69, 9.17) is 4.74 Å². The number of nitrogens with zero attached hydrogens (tertiary/aromatic N) is 2. The standard InChI is InChI=1S/C28H47N3O3/c1-18(15-31-16-20(29-4)14-30-31)22-8-9-23-21-7-6-19-12-28(33,17-34-5)11-10-26(19,2)25(21)24(32)13-27(22,23)3/h14,16,18-19,21-25,29,32-33H,6-13,15,17H2,1-5H3/t18-,19+,21-,22+,23-,24+,25+,26-,27+,28+/m0/s1. The van der Waals surface area contributed by atoms with Gasteiger partial charge in [-0.3, -0.25) is 4.68 Å². The van der Waals surface area contributed by atoms with Gasteiger partial charge in [-0.1, -0.05) is 20.8 Å². The highest BCUT2D eigenvalue weighted by Gasteiger charge is 2.64. The molecule has 34 heavy (non-hydrogen) atoms. The normalized spacial score (nSPS) is 46.9. The zero-order valence-corrected chi connectivity index (χ0v) is 22.0. The molecule has 1 aromatic heterocycles. The SMILES string of the molecule is CNc1cnn(C[C@H](C)[C@H]2CC[C@H]3[C@@H]4CC[C@@H]5C[C@@](O)(COC)CC[C@]5(C)[C@H]4[C@H](O)C[C@]23C)c1. The number of fused-ring (bicyclic) bond motifs is 5.